The fraction of sp³-hybridized carbons (Fsp3) is 0.304. The lowest BCUT2D eigenvalue weighted by Gasteiger charge is -2.21. The fourth-order valence-electron chi connectivity index (χ4n) is 3.42. The van der Waals surface area contributed by atoms with E-state index in [1.54, 1.807) is 13.0 Å². The number of hydrogen-bond donors (Lipinski definition) is 0. The van der Waals surface area contributed by atoms with E-state index >= 15 is 0 Å². The number of benzene rings is 2. The zero-order valence-corrected chi connectivity index (χ0v) is 14.4. The van der Waals surface area contributed by atoms with E-state index in [0.29, 0.717) is 5.56 Å². The second-order valence-electron chi connectivity index (χ2n) is 6.78. The molecule has 1 aliphatic carbocycles. The topological polar surface area (TPSA) is 0 Å². The Labute approximate surface area is 144 Å². The molecule has 2 aromatic rings. The Morgan fingerprint density at radius 3 is 2.42 bits per heavy atom. The third-order valence-corrected chi connectivity index (χ3v) is 5.06. The zero-order chi connectivity index (χ0) is 16.9. The van der Waals surface area contributed by atoms with Crippen LogP contribution in [0.3, 0.4) is 0 Å². The first-order valence-corrected chi connectivity index (χ1v) is 8.84. The largest absolute Gasteiger partial charge is 0.207 e. The molecule has 0 nitrogen and oxygen atoms in total. The number of aryl methyl sites for hydroxylation is 1. The van der Waals surface area contributed by atoms with Crippen LogP contribution < -0.4 is 0 Å². The second-order valence-corrected chi connectivity index (χ2v) is 6.78. The average molecular weight is 320 g/mol. The van der Waals surface area contributed by atoms with Gasteiger partial charge in [0.2, 0.25) is 0 Å². The van der Waals surface area contributed by atoms with Crippen LogP contribution >= 0.6 is 0 Å². The Kier molecular flexibility index (Phi) is 5.30. The van der Waals surface area contributed by atoms with Crippen molar-refractivity contribution >= 4 is 5.57 Å². The van der Waals surface area contributed by atoms with E-state index in [1.807, 2.05) is 18.2 Å². The van der Waals surface area contributed by atoms with Crippen LogP contribution in [0.15, 0.2) is 61.2 Å². The summed E-state index contributed by atoms with van der Waals surface area (Å²) in [5.41, 5.74) is 5.44. The first kappa shape index (κ1) is 16.7. The molecule has 0 N–H and O–H groups in total. The van der Waals surface area contributed by atoms with E-state index in [1.165, 1.54) is 30.4 Å². The van der Waals surface area contributed by atoms with Crippen molar-refractivity contribution in [1.29, 1.82) is 0 Å². The third-order valence-electron chi connectivity index (χ3n) is 5.06. The highest BCUT2D eigenvalue weighted by Gasteiger charge is 2.14. The maximum absolute atomic E-state index is 13.7. The number of halogens is 1. The molecule has 124 valence electrons. The average Bonchev–Trinajstić information content (AvgIpc) is 2.63. The van der Waals surface area contributed by atoms with Gasteiger partial charge in [0.05, 0.1) is 0 Å². The van der Waals surface area contributed by atoms with Gasteiger partial charge >= 0.3 is 0 Å². The van der Waals surface area contributed by atoms with Crippen molar-refractivity contribution in [2.24, 2.45) is 5.92 Å². The minimum atomic E-state index is -0.142. The van der Waals surface area contributed by atoms with Gasteiger partial charge in [-0.25, -0.2) is 4.39 Å². The summed E-state index contributed by atoms with van der Waals surface area (Å²) in [5, 5.41) is 0. The van der Waals surface area contributed by atoms with Gasteiger partial charge in [0.1, 0.15) is 5.82 Å². The molecule has 0 aromatic heterocycles. The van der Waals surface area contributed by atoms with E-state index in [-0.39, 0.29) is 5.82 Å². The quantitative estimate of drug-likeness (QED) is 0.523. The van der Waals surface area contributed by atoms with Crippen LogP contribution in [0.2, 0.25) is 0 Å². The summed E-state index contributed by atoms with van der Waals surface area (Å²) in [4.78, 5) is 0. The first-order valence-electron chi connectivity index (χ1n) is 8.84. The van der Waals surface area contributed by atoms with Crippen LogP contribution in [0, 0.1) is 18.7 Å². The Bertz CT molecular complexity index is 737. The Morgan fingerprint density at radius 1 is 1.08 bits per heavy atom. The van der Waals surface area contributed by atoms with E-state index in [9.17, 15) is 4.39 Å². The minimum absolute atomic E-state index is 0.142. The lowest BCUT2D eigenvalue weighted by molar-refractivity contribution is 0.454. The molecule has 0 heterocycles. The van der Waals surface area contributed by atoms with Gasteiger partial charge in [-0.1, -0.05) is 48.6 Å². The van der Waals surface area contributed by atoms with Crippen molar-refractivity contribution in [3.63, 3.8) is 0 Å². The molecule has 0 saturated heterocycles. The van der Waals surface area contributed by atoms with Crippen LogP contribution in [0.4, 0.5) is 4.39 Å². The lowest BCUT2D eigenvalue weighted by Crippen LogP contribution is -2.05. The van der Waals surface area contributed by atoms with Gasteiger partial charge in [0, 0.05) is 0 Å². The highest BCUT2D eigenvalue weighted by Crippen LogP contribution is 2.33. The Hall–Kier alpha value is -2.15. The Morgan fingerprint density at radius 2 is 1.79 bits per heavy atom. The van der Waals surface area contributed by atoms with Crippen LogP contribution in [-0.4, -0.2) is 0 Å². The molecule has 1 heteroatoms. The van der Waals surface area contributed by atoms with Gasteiger partial charge in [-0.05, 0) is 78.8 Å². The van der Waals surface area contributed by atoms with Crippen molar-refractivity contribution < 1.29 is 4.39 Å². The minimum Gasteiger partial charge on any atom is -0.207 e. The summed E-state index contributed by atoms with van der Waals surface area (Å²) < 4.78 is 13.7. The standard InChI is InChI=1S/C23H25F/c1-3-4-5-18-7-10-19(11-8-18)20-12-14-21(15-13-20)22-9-6-17(2)23(24)16-22/h3,6,9-10,12-16,18H,1,4-5,7-8,11H2,2H3. The Balaban J connectivity index is 1.72. The van der Waals surface area contributed by atoms with Crippen LogP contribution in [-0.2, 0) is 0 Å². The summed E-state index contributed by atoms with van der Waals surface area (Å²) in [6, 6.07) is 14.0. The first-order chi connectivity index (χ1) is 11.7. The maximum atomic E-state index is 13.7. The maximum Gasteiger partial charge on any atom is 0.126 e. The fourth-order valence-corrected chi connectivity index (χ4v) is 3.42. The number of allylic oxidation sites excluding steroid dienone is 3. The molecule has 1 unspecified atom stereocenters. The third kappa shape index (κ3) is 3.84. The smallest absolute Gasteiger partial charge is 0.126 e. The predicted molar refractivity (Wildman–Crippen MR) is 101 cm³/mol. The van der Waals surface area contributed by atoms with Crippen LogP contribution in [0.1, 0.15) is 43.2 Å². The monoisotopic (exact) mass is 320 g/mol. The second kappa shape index (κ2) is 7.61. The van der Waals surface area contributed by atoms with Crippen molar-refractivity contribution in [1.82, 2.24) is 0 Å². The highest BCUT2D eigenvalue weighted by molar-refractivity contribution is 5.71. The van der Waals surface area contributed by atoms with Gasteiger partial charge in [0.25, 0.3) is 0 Å². The van der Waals surface area contributed by atoms with E-state index in [4.69, 9.17) is 0 Å². The molecule has 2 aromatic carbocycles. The molecule has 0 amide bonds. The van der Waals surface area contributed by atoms with E-state index in [2.05, 4.69) is 36.9 Å². The zero-order valence-electron chi connectivity index (χ0n) is 14.4. The molecule has 0 bridgehead atoms. The van der Waals surface area contributed by atoms with Gasteiger partial charge in [0.15, 0.2) is 0 Å². The predicted octanol–water partition coefficient (Wildman–Crippen LogP) is 6.95. The normalized spacial score (nSPS) is 17.4. The molecule has 0 aliphatic heterocycles. The molecule has 1 atom stereocenters. The molecular formula is C23H25F. The molecule has 0 fully saturated rings. The number of rotatable bonds is 5. The summed E-state index contributed by atoms with van der Waals surface area (Å²) in [7, 11) is 0. The van der Waals surface area contributed by atoms with Gasteiger partial charge in [-0.3, -0.25) is 0 Å². The SMILES string of the molecule is C=CCCC1CC=C(c2ccc(-c3ccc(C)c(F)c3)cc2)CC1. The van der Waals surface area contributed by atoms with Crippen molar-refractivity contribution in [3.05, 3.63) is 78.1 Å². The van der Waals surface area contributed by atoms with Crippen molar-refractivity contribution in [2.75, 3.05) is 0 Å². The summed E-state index contributed by atoms with van der Waals surface area (Å²) in [6.07, 6.45) is 10.4. The lowest BCUT2D eigenvalue weighted by atomic mass is 9.84. The van der Waals surface area contributed by atoms with E-state index in [0.717, 1.165) is 29.9 Å². The van der Waals surface area contributed by atoms with E-state index < -0.39 is 0 Å². The van der Waals surface area contributed by atoms with Gasteiger partial charge in [-0.2, -0.15) is 0 Å². The summed E-state index contributed by atoms with van der Waals surface area (Å²) >= 11 is 0. The molecule has 0 saturated carbocycles. The molecule has 3 rings (SSSR count). The summed E-state index contributed by atoms with van der Waals surface area (Å²) in [6.45, 7) is 5.60. The summed E-state index contributed by atoms with van der Waals surface area (Å²) in [5.74, 6) is 0.665. The van der Waals surface area contributed by atoms with Crippen LogP contribution in [0.5, 0.6) is 0 Å². The van der Waals surface area contributed by atoms with Gasteiger partial charge in [-0.15, -0.1) is 6.58 Å². The van der Waals surface area contributed by atoms with Crippen molar-refractivity contribution in [3.8, 4) is 11.1 Å². The van der Waals surface area contributed by atoms with Crippen molar-refractivity contribution in [2.45, 2.75) is 39.0 Å². The highest BCUT2D eigenvalue weighted by atomic mass is 19.1. The molecule has 0 radical (unpaired) electrons. The number of hydrogen-bond acceptors (Lipinski definition) is 0. The molecule has 1 aliphatic rings. The molecule has 0 spiro atoms. The molecule has 24 heavy (non-hydrogen) atoms. The van der Waals surface area contributed by atoms with Gasteiger partial charge < -0.3 is 0 Å². The molecular weight excluding hydrogens is 295 g/mol. The van der Waals surface area contributed by atoms with Crippen LogP contribution in [0.25, 0.3) is 16.7 Å².